The number of carbonyl (C=O) groups is 2. The lowest BCUT2D eigenvalue weighted by Crippen LogP contribution is -2.45. The molecule has 13 heteroatoms. The summed E-state index contributed by atoms with van der Waals surface area (Å²) in [5, 5.41) is 17.4. The summed E-state index contributed by atoms with van der Waals surface area (Å²) in [6, 6.07) is -0.0201. The van der Waals surface area contributed by atoms with E-state index in [2.05, 4.69) is 22.8 Å². The molecule has 1 aliphatic heterocycles. The molecule has 0 bridgehead atoms. The van der Waals surface area contributed by atoms with E-state index in [0.717, 1.165) is 18.4 Å². The maximum Gasteiger partial charge on any atom is 0.432 e. The number of aromatic hydroxyl groups is 1. The molecule has 0 spiro atoms. The number of fused-ring (bicyclic) bond motifs is 1. The molecule has 4 rings (SSSR count). The van der Waals surface area contributed by atoms with Crippen LogP contribution in [0.5, 0.6) is 5.88 Å². The topological polar surface area (TPSA) is 127 Å². The van der Waals surface area contributed by atoms with E-state index in [0.29, 0.717) is 16.3 Å². The zero-order valence-electron chi connectivity index (χ0n) is 22.7. The summed E-state index contributed by atoms with van der Waals surface area (Å²) in [6.45, 7) is 6.13. The van der Waals surface area contributed by atoms with Gasteiger partial charge in [0, 0.05) is 43.2 Å². The molecule has 2 aliphatic carbocycles. The van der Waals surface area contributed by atoms with Crippen molar-refractivity contribution in [1.82, 2.24) is 24.8 Å². The second-order valence-electron chi connectivity index (χ2n) is 10.8. The third-order valence-electron chi connectivity index (χ3n) is 6.65. The van der Waals surface area contributed by atoms with Crippen LogP contribution in [0.4, 0.5) is 9.59 Å². The van der Waals surface area contributed by atoms with Gasteiger partial charge < -0.3 is 30.2 Å². The highest BCUT2D eigenvalue weighted by atomic mass is 35.5. The Morgan fingerprint density at radius 2 is 1.93 bits per heavy atom. The number of hydrogen-bond donors (Lipinski definition) is 3. The van der Waals surface area contributed by atoms with Gasteiger partial charge in [-0.15, -0.1) is 11.6 Å². The van der Waals surface area contributed by atoms with Crippen LogP contribution in [-0.4, -0.2) is 68.1 Å². The fraction of sp³-hybridized carbons (Fsp3) is 0.519. The predicted octanol–water partition coefficient (Wildman–Crippen LogP) is 3.40. The number of imidazole rings is 1. The van der Waals surface area contributed by atoms with Gasteiger partial charge in [0.1, 0.15) is 11.3 Å². The quantitative estimate of drug-likeness (QED) is 0.325. The molecule has 1 aromatic rings. The highest BCUT2D eigenvalue weighted by Gasteiger charge is 2.32. The molecule has 3 N–H and O–H groups in total. The first-order valence-corrected chi connectivity index (χ1v) is 14.0. The maximum absolute atomic E-state index is 12.8. The van der Waals surface area contributed by atoms with Crippen LogP contribution in [0.15, 0.2) is 51.9 Å². The Morgan fingerprint density at radius 3 is 2.58 bits per heavy atom. The van der Waals surface area contributed by atoms with E-state index in [1.54, 1.807) is 20.8 Å². The van der Waals surface area contributed by atoms with Crippen molar-refractivity contribution in [2.24, 2.45) is 5.92 Å². The Balaban J connectivity index is 1.33. The average Bonchev–Trinajstić information content (AvgIpc) is 3.13. The Hall–Kier alpha value is -3.15. The van der Waals surface area contributed by atoms with Crippen molar-refractivity contribution < 1.29 is 24.3 Å². The highest BCUT2D eigenvalue weighted by Crippen LogP contribution is 2.28. The fourth-order valence-electron chi connectivity index (χ4n) is 4.71. The first kappa shape index (κ1) is 29.8. The van der Waals surface area contributed by atoms with Gasteiger partial charge in [0.15, 0.2) is 0 Å². The molecule has 3 atom stereocenters. The number of ether oxygens (including phenoxy) is 1. The predicted molar refractivity (Wildman–Crippen MR) is 151 cm³/mol. The third-order valence-corrected chi connectivity index (χ3v) is 7.25. The summed E-state index contributed by atoms with van der Waals surface area (Å²) in [4.78, 5) is 44.2. The largest absolute Gasteiger partial charge is 0.491 e. The summed E-state index contributed by atoms with van der Waals surface area (Å²) in [5.41, 5.74) is -0.138. The van der Waals surface area contributed by atoms with E-state index in [4.69, 9.17) is 32.8 Å². The molecule has 0 aromatic carbocycles. The molecule has 3 unspecified atom stereocenters. The van der Waals surface area contributed by atoms with Gasteiger partial charge in [-0.05, 0) is 45.3 Å². The highest BCUT2D eigenvalue weighted by molar-refractivity contribution is 6.31. The van der Waals surface area contributed by atoms with Crippen LogP contribution in [-0.2, 0) is 17.8 Å². The second kappa shape index (κ2) is 12.6. The lowest BCUT2D eigenvalue weighted by molar-refractivity contribution is 0.0196. The number of carbonyl (C=O) groups excluding carboxylic acids is 2. The van der Waals surface area contributed by atoms with E-state index < -0.39 is 29.4 Å². The van der Waals surface area contributed by atoms with E-state index in [1.807, 2.05) is 24.3 Å². The lowest BCUT2D eigenvalue weighted by atomic mass is 9.85. The fourth-order valence-corrected chi connectivity index (χ4v) is 5.03. The number of amides is 2. The first-order valence-electron chi connectivity index (χ1n) is 13.2. The van der Waals surface area contributed by atoms with Crippen molar-refractivity contribution in [3.63, 3.8) is 0 Å². The summed E-state index contributed by atoms with van der Waals surface area (Å²) in [6.07, 6.45) is 12.0. The standard InChI is InChI=1S/C27H35Cl2N5O6/c1-27(2,3)39-26(38)32-14-15-33-21(16-32)23(35)34(25(33)37)40-24(36)31-13-12-30-22(17-4-8-19(28)9-5-17)18-6-10-20(29)11-7-18/h4-6,8,10-11,18-19,22,30,35H,7,9,12-16H2,1-3H3,(H,31,36). The molecule has 11 nitrogen and oxygen atoms in total. The van der Waals surface area contributed by atoms with Gasteiger partial charge in [-0.1, -0.05) is 46.7 Å². The number of rotatable bonds is 7. The van der Waals surface area contributed by atoms with Gasteiger partial charge in [-0.25, -0.2) is 14.4 Å². The zero-order valence-corrected chi connectivity index (χ0v) is 24.2. The Labute approximate surface area is 242 Å². The smallest absolute Gasteiger partial charge is 0.432 e. The lowest BCUT2D eigenvalue weighted by Gasteiger charge is -2.30. The average molecular weight is 597 g/mol. The van der Waals surface area contributed by atoms with Crippen molar-refractivity contribution in [3.05, 3.63) is 63.2 Å². The Bertz CT molecular complexity index is 1310. The Kier molecular flexibility index (Phi) is 9.37. The molecule has 2 heterocycles. The summed E-state index contributed by atoms with van der Waals surface area (Å²) >= 11 is 12.3. The summed E-state index contributed by atoms with van der Waals surface area (Å²) in [7, 11) is 0. The first-order chi connectivity index (χ1) is 18.9. The number of aromatic nitrogens is 2. The minimum absolute atomic E-state index is 0.0201. The van der Waals surface area contributed by atoms with Crippen molar-refractivity contribution in [2.75, 3.05) is 19.6 Å². The number of nitrogens with zero attached hydrogens (tertiary/aromatic N) is 3. The second-order valence-corrected chi connectivity index (χ2v) is 11.8. The van der Waals surface area contributed by atoms with Crippen LogP contribution < -0.4 is 21.2 Å². The minimum atomic E-state index is -0.906. The summed E-state index contributed by atoms with van der Waals surface area (Å²) < 4.78 is 7.18. The van der Waals surface area contributed by atoms with Gasteiger partial charge in [0.2, 0.25) is 0 Å². The van der Waals surface area contributed by atoms with E-state index in [9.17, 15) is 19.5 Å². The molecule has 1 aromatic heterocycles. The van der Waals surface area contributed by atoms with Crippen molar-refractivity contribution in [2.45, 2.75) is 63.7 Å². The van der Waals surface area contributed by atoms with Gasteiger partial charge >= 0.3 is 17.9 Å². The van der Waals surface area contributed by atoms with Gasteiger partial charge in [0.25, 0.3) is 5.88 Å². The number of nitrogens with one attached hydrogen (secondary N) is 2. The molecule has 0 saturated carbocycles. The van der Waals surface area contributed by atoms with Gasteiger partial charge in [-0.2, -0.15) is 0 Å². The molecule has 0 saturated heterocycles. The SMILES string of the molecule is CC(C)(C)OC(=O)N1CCn2c(c(O)n(OC(=O)NCCNC(C3=CCC(Cl)C=C3)C3C=CC(Cl)=CC3)c2=O)C1. The van der Waals surface area contributed by atoms with Crippen LogP contribution in [0, 0.1) is 5.92 Å². The summed E-state index contributed by atoms with van der Waals surface area (Å²) in [5.74, 6) is -0.378. The van der Waals surface area contributed by atoms with Crippen molar-refractivity contribution >= 4 is 35.4 Å². The van der Waals surface area contributed by atoms with Crippen LogP contribution in [0.2, 0.25) is 0 Å². The van der Waals surface area contributed by atoms with Crippen LogP contribution in [0.25, 0.3) is 0 Å². The number of halogens is 2. The molecular formula is C27H35Cl2N5O6. The molecule has 40 heavy (non-hydrogen) atoms. The van der Waals surface area contributed by atoms with Crippen LogP contribution in [0.3, 0.4) is 0 Å². The molecule has 0 radical (unpaired) electrons. The number of allylic oxidation sites excluding steroid dienone is 5. The van der Waals surface area contributed by atoms with E-state index in [-0.39, 0.29) is 49.2 Å². The van der Waals surface area contributed by atoms with Crippen molar-refractivity contribution in [3.8, 4) is 5.88 Å². The molecule has 2 amide bonds. The monoisotopic (exact) mass is 595 g/mol. The minimum Gasteiger partial charge on any atom is -0.491 e. The van der Waals surface area contributed by atoms with Gasteiger partial charge in [-0.3, -0.25) is 4.57 Å². The van der Waals surface area contributed by atoms with Crippen LogP contribution >= 0.6 is 23.2 Å². The Morgan fingerprint density at radius 1 is 1.15 bits per heavy atom. The van der Waals surface area contributed by atoms with Gasteiger partial charge in [0.05, 0.1) is 11.9 Å². The van der Waals surface area contributed by atoms with Crippen LogP contribution in [0.1, 0.15) is 39.3 Å². The third kappa shape index (κ3) is 7.32. The number of alkyl halides is 1. The number of hydrogen-bond acceptors (Lipinski definition) is 7. The maximum atomic E-state index is 12.8. The molecule has 0 fully saturated rings. The molecule has 218 valence electrons. The molecular weight excluding hydrogens is 561 g/mol. The van der Waals surface area contributed by atoms with E-state index in [1.165, 1.54) is 9.47 Å². The van der Waals surface area contributed by atoms with E-state index >= 15 is 0 Å². The normalized spacial score (nSPS) is 21.3. The molecule has 3 aliphatic rings. The zero-order chi connectivity index (χ0) is 29.0. The van der Waals surface area contributed by atoms with Crippen molar-refractivity contribution in [1.29, 1.82) is 0 Å².